The van der Waals surface area contributed by atoms with Gasteiger partial charge < -0.3 is 10.8 Å². The molecule has 7 nitrogen and oxygen atoms in total. The third-order valence-electron chi connectivity index (χ3n) is 2.52. The number of carboxylic acid groups (broad SMARTS) is 1. The van der Waals surface area contributed by atoms with E-state index >= 15 is 0 Å². The molecule has 0 radical (unpaired) electrons. The second kappa shape index (κ2) is 3.95. The third-order valence-corrected chi connectivity index (χ3v) is 2.52. The van der Waals surface area contributed by atoms with Crippen molar-refractivity contribution in [3.63, 3.8) is 0 Å². The summed E-state index contributed by atoms with van der Waals surface area (Å²) in [6, 6.07) is 6.70. The molecule has 0 saturated carbocycles. The van der Waals surface area contributed by atoms with E-state index < -0.39 is 11.5 Å². The molecule has 1 aromatic heterocycles. The zero-order valence-electron chi connectivity index (χ0n) is 9.11. The van der Waals surface area contributed by atoms with Crippen LogP contribution in [0.4, 0.5) is 0 Å². The fourth-order valence-corrected chi connectivity index (χ4v) is 1.36. The number of carbonyl (C=O) groups is 1. The minimum atomic E-state index is -1.40. The van der Waals surface area contributed by atoms with Gasteiger partial charge in [0.1, 0.15) is 11.9 Å². The van der Waals surface area contributed by atoms with E-state index in [1.54, 1.807) is 24.3 Å². The Bertz CT molecular complexity index is 518. The van der Waals surface area contributed by atoms with Gasteiger partial charge in [0.15, 0.2) is 0 Å². The third kappa shape index (κ3) is 2.00. The van der Waals surface area contributed by atoms with Crippen LogP contribution in [0.3, 0.4) is 0 Å². The number of rotatable bonds is 3. The molecule has 0 saturated heterocycles. The number of hydrogen-bond acceptors (Lipinski definition) is 5. The monoisotopic (exact) mass is 233 g/mol. The fraction of sp³-hybridized carbons (Fsp3) is 0.200. The Morgan fingerprint density at radius 3 is 2.53 bits per heavy atom. The lowest BCUT2D eigenvalue weighted by atomic mass is 9.93. The molecule has 2 rings (SSSR count). The minimum Gasteiger partial charge on any atom is -0.480 e. The Morgan fingerprint density at radius 2 is 2.06 bits per heavy atom. The van der Waals surface area contributed by atoms with Crippen molar-refractivity contribution in [3.8, 4) is 5.69 Å². The molecule has 0 aliphatic carbocycles. The van der Waals surface area contributed by atoms with Gasteiger partial charge in [-0.05, 0) is 35.0 Å². The number of benzene rings is 1. The summed E-state index contributed by atoms with van der Waals surface area (Å²) >= 11 is 0. The van der Waals surface area contributed by atoms with Crippen molar-refractivity contribution in [2.75, 3.05) is 0 Å². The highest BCUT2D eigenvalue weighted by Gasteiger charge is 2.29. The molecular weight excluding hydrogens is 222 g/mol. The van der Waals surface area contributed by atoms with Crippen LogP contribution in [0.25, 0.3) is 5.69 Å². The molecule has 17 heavy (non-hydrogen) atoms. The molecule has 0 bridgehead atoms. The second-order valence-electron chi connectivity index (χ2n) is 3.81. The number of hydrogen-bond donors (Lipinski definition) is 2. The molecule has 88 valence electrons. The van der Waals surface area contributed by atoms with Gasteiger partial charge in [-0.1, -0.05) is 12.1 Å². The van der Waals surface area contributed by atoms with E-state index in [4.69, 9.17) is 10.8 Å². The Morgan fingerprint density at radius 1 is 1.41 bits per heavy atom. The standard InChI is InChI=1S/C10H11N5O2/c1-10(11,9(16)17)7-2-4-8(5-3-7)15-6-12-13-14-15/h2-6H,11H2,1H3,(H,16,17)/t10-/m0/s1. The van der Waals surface area contributed by atoms with Crippen molar-refractivity contribution in [2.24, 2.45) is 5.73 Å². The van der Waals surface area contributed by atoms with Gasteiger partial charge in [0.2, 0.25) is 0 Å². The first-order chi connectivity index (χ1) is 8.01. The van der Waals surface area contributed by atoms with Crippen LogP contribution in [-0.2, 0) is 10.3 Å². The van der Waals surface area contributed by atoms with Gasteiger partial charge in [0, 0.05) is 0 Å². The van der Waals surface area contributed by atoms with Crippen molar-refractivity contribution < 1.29 is 9.90 Å². The maximum absolute atomic E-state index is 11.0. The van der Waals surface area contributed by atoms with Crippen molar-refractivity contribution >= 4 is 5.97 Å². The number of tetrazole rings is 1. The van der Waals surface area contributed by atoms with Gasteiger partial charge >= 0.3 is 5.97 Å². The van der Waals surface area contributed by atoms with Gasteiger partial charge in [-0.3, -0.25) is 0 Å². The van der Waals surface area contributed by atoms with E-state index in [2.05, 4.69) is 15.5 Å². The van der Waals surface area contributed by atoms with Crippen LogP contribution in [0.2, 0.25) is 0 Å². The Balaban J connectivity index is 2.34. The molecule has 0 amide bonds. The number of aromatic nitrogens is 4. The van der Waals surface area contributed by atoms with Gasteiger partial charge in [-0.2, -0.15) is 0 Å². The molecule has 2 aromatic rings. The van der Waals surface area contributed by atoms with Crippen molar-refractivity contribution in [1.29, 1.82) is 0 Å². The van der Waals surface area contributed by atoms with Crippen LogP contribution in [0.5, 0.6) is 0 Å². The average Bonchev–Trinajstić information content (AvgIpc) is 2.82. The molecule has 0 aliphatic rings. The number of nitrogens with two attached hydrogens (primary N) is 1. The van der Waals surface area contributed by atoms with Crippen LogP contribution < -0.4 is 5.73 Å². The molecule has 0 unspecified atom stereocenters. The summed E-state index contributed by atoms with van der Waals surface area (Å²) in [7, 11) is 0. The van der Waals surface area contributed by atoms with E-state index in [-0.39, 0.29) is 0 Å². The summed E-state index contributed by atoms with van der Waals surface area (Å²) in [4.78, 5) is 11.0. The van der Waals surface area contributed by atoms with Gasteiger partial charge in [0.05, 0.1) is 5.69 Å². The highest BCUT2D eigenvalue weighted by molar-refractivity contribution is 5.79. The highest BCUT2D eigenvalue weighted by atomic mass is 16.4. The first-order valence-electron chi connectivity index (χ1n) is 4.88. The lowest BCUT2D eigenvalue weighted by Gasteiger charge is -2.19. The number of nitrogens with zero attached hydrogens (tertiary/aromatic N) is 4. The topological polar surface area (TPSA) is 107 Å². The maximum atomic E-state index is 11.0. The molecule has 1 atom stereocenters. The lowest BCUT2D eigenvalue weighted by molar-refractivity contribution is -0.143. The summed E-state index contributed by atoms with van der Waals surface area (Å²) in [5, 5.41) is 19.7. The van der Waals surface area contributed by atoms with E-state index in [1.165, 1.54) is 17.9 Å². The molecule has 1 heterocycles. The van der Waals surface area contributed by atoms with Gasteiger partial charge in [-0.25, -0.2) is 9.48 Å². The van der Waals surface area contributed by atoms with Crippen LogP contribution in [-0.4, -0.2) is 31.3 Å². The number of carboxylic acids is 1. The van der Waals surface area contributed by atoms with Crippen molar-refractivity contribution in [1.82, 2.24) is 20.2 Å². The van der Waals surface area contributed by atoms with Crippen molar-refractivity contribution in [3.05, 3.63) is 36.2 Å². The van der Waals surface area contributed by atoms with Crippen LogP contribution in [0.15, 0.2) is 30.6 Å². The smallest absolute Gasteiger partial charge is 0.328 e. The predicted molar refractivity (Wildman–Crippen MR) is 58.3 cm³/mol. The SMILES string of the molecule is C[C@@](N)(C(=O)O)c1ccc(-n2cnnn2)cc1. The highest BCUT2D eigenvalue weighted by Crippen LogP contribution is 2.19. The predicted octanol–water partition coefficient (Wildman–Crippen LogP) is -0.0792. The molecular formula is C10H11N5O2. The van der Waals surface area contributed by atoms with Crippen LogP contribution in [0, 0.1) is 0 Å². The summed E-state index contributed by atoms with van der Waals surface area (Å²) in [6.07, 6.45) is 1.45. The second-order valence-corrected chi connectivity index (χ2v) is 3.81. The average molecular weight is 233 g/mol. The lowest BCUT2D eigenvalue weighted by Crippen LogP contribution is -2.41. The van der Waals surface area contributed by atoms with Gasteiger partial charge in [0.25, 0.3) is 0 Å². The molecule has 0 fully saturated rings. The maximum Gasteiger partial charge on any atom is 0.328 e. The van der Waals surface area contributed by atoms with E-state index in [0.29, 0.717) is 5.56 Å². The first-order valence-corrected chi connectivity index (χ1v) is 4.88. The number of aliphatic carboxylic acids is 1. The molecule has 0 spiro atoms. The Hall–Kier alpha value is -2.28. The quantitative estimate of drug-likeness (QED) is 0.767. The van der Waals surface area contributed by atoms with E-state index in [1.807, 2.05) is 0 Å². The summed E-state index contributed by atoms with van der Waals surface area (Å²) in [6.45, 7) is 1.45. The Labute approximate surface area is 96.9 Å². The zero-order valence-corrected chi connectivity index (χ0v) is 9.11. The largest absolute Gasteiger partial charge is 0.480 e. The summed E-state index contributed by atoms with van der Waals surface area (Å²) in [5.74, 6) is -1.08. The minimum absolute atomic E-state index is 0.516. The van der Waals surface area contributed by atoms with Crippen LogP contribution in [0.1, 0.15) is 12.5 Å². The van der Waals surface area contributed by atoms with Crippen molar-refractivity contribution in [2.45, 2.75) is 12.5 Å². The van der Waals surface area contributed by atoms with E-state index in [0.717, 1.165) is 5.69 Å². The summed E-state index contributed by atoms with van der Waals surface area (Å²) < 4.78 is 1.47. The van der Waals surface area contributed by atoms with Crippen LogP contribution >= 0.6 is 0 Å². The fourth-order valence-electron chi connectivity index (χ4n) is 1.36. The molecule has 7 heteroatoms. The van der Waals surface area contributed by atoms with Gasteiger partial charge in [-0.15, -0.1) is 5.10 Å². The first kappa shape index (κ1) is 11.2. The van der Waals surface area contributed by atoms with E-state index in [9.17, 15) is 4.79 Å². The normalized spacial score (nSPS) is 14.2. The molecule has 1 aromatic carbocycles. The zero-order chi connectivity index (χ0) is 12.5. The molecule has 3 N–H and O–H groups in total. The summed E-state index contributed by atoms with van der Waals surface area (Å²) in [5.41, 5.74) is 5.55. The molecule has 0 aliphatic heterocycles. The Kier molecular flexibility index (Phi) is 2.60.